The van der Waals surface area contributed by atoms with Crippen molar-refractivity contribution in [3.05, 3.63) is 52.8 Å². The molecule has 0 aliphatic heterocycles. The van der Waals surface area contributed by atoms with Crippen LogP contribution in [0.5, 0.6) is 0 Å². The second-order valence-corrected chi connectivity index (χ2v) is 10.00. The summed E-state index contributed by atoms with van der Waals surface area (Å²) in [6, 6.07) is 5.12. The van der Waals surface area contributed by atoms with Gasteiger partial charge in [-0.05, 0) is 60.3 Å². The number of halogens is 2. The Bertz CT molecular complexity index is 697. The van der Waals surface area contributed by atoms with E-state index >= 15 is 0 Å². The van der Waals surface area contributed by atoms with Crippen molar-refractivity contribution in [1.29, 1.82) is 0 Å². The molecule has 0 spiro atoms. The van der Waals surface area contributed by atoms with Gasteiger partial charge in [-0.3, -0.25) is 0 Å². The van der Waals surface area contributed by atoms with Crippen LogP contribution in [-0.4, -0.2) is 0 Å². The van der Waals surface area contributed by atoms with E-state index in [1.807, 2.05) is 6.07 Å². The van der Waals surface area contributed by atoms with Crippen molar-refractivity contribution >= 4 is 17.2 Å². The van der Waals surface area contributed by atoms with Gasteiger partial charge in [0.1, 0.15) is 5.82 Å². The van der Waals surface area contributed by atoms with Crippen LogP contribution in [0.2, 0.25) is 5.02 Å². The third-order valence-electron chi connectivity index (χ3n) is 7.35. The maximum absolute atomic E-state index is 13.7. The summed E-state index contributed by atoms with van der Waals surface area (Å²) in [5.41, 5.74) is 2.06. The molecule has 2 aliphatic carbocycles. The predicted molar refractivity (Wildman–Crippen MR) is 129 cm³/mol. The van der Waals surface area contributed by atoms with Crippen molar-refractivity contribution in [3.63, 3.8) is 0 Å². The quantitative estimate of drug-likeness (QED) is 0.306. The van der Waals surface area contributed by atoms with E-state index in [1.54, 1.807) is 12.1 Å². The Morgan fingerprint density at radius 3 is 2.27 bits per heavy atom. The Morgan fingerprint density at radius 2 is 1.63 bits per heavy atom. The van der Waals surface area contributed by atoms with E-state index in [4.69, 9.17) is 11.6 Å². The standard InChI is InChI=1S/C28H40ClF/c1-2-3-4-5-6-7-8-9-10-22-11-13-23(14-12-22)24-15-17-25(18-16-24)26-19-20-27(29)28(30)21-26/h15,17-24H,2-14,16H2,1H3/t22-,23-,24?. The van der Waals surface area contributed by atoms with Gasteiger partial charge in [-0.2, -0.15) is 0 Å². The van der Waals surface area contributed by atoms with E-state index in [-0.39, 0.29) is 10.8 Å². The van der Waals surface area contributed by atoms with Crippen molar-refractivity contribution in [3.8, 4) is 0 Å². The molecule has 1 atom stereocenters. The molecule has 0 amide bonds. The Morgan fingerprint density at radius 1 is 0.933 bits per heavy atom. The van der Waals surface area contributed by atoms with Crippen molar-refractivity contribution in [1.82, 2.24) is 0 Å². The average molecular weight is 431 g/mol. The second-order valence-electron chi connectivity index (χ2n) is 9.59. The van der Waals surface area contributed by atoms with Gasteiger partial charge in [0.25, 0.3) is 0 Å². The summed E-state index contributed by atoms with van der Waals surface area (Å²) in [7, 11) is 0. The van der Waals surface area contributed by atoms with Crippen molar-refractivity contribution in [2.45, 2.75) is 96.8 Å². The molecule has 0 radical (unpaired) electrons. The van der Waals surface area contributed by atoms with Crippen LogP contribution in [0.15, 0.2) is 36.4 Å². The molecular weight excluding hydrogens is 391 g/mol. The van der Waals surface area contributed by atoms with E-state index in [0.29, 0.717) is 5.92 Å². The molecule has 1 aromatic carbocycles. The molecule has 1 aromatic rings. The summed E-state index contributed by atoms with van der Waals surface area (Å²) >= 11 is 5.81. The smallest absolute Gasteiger partial charge is 0.142 e. The number of hydrogen-bond donors (Lipinski definition) is 0. The molecule has 3 rings (SSSR count). The fourth-order valence-corrected chi connectivity index (χ4v) is 5.47. The lowest BCUT2D eigenvalue weighted by Gasteiger charge is -2.33. The Balaban J connectivity index is 1.32. The van der Waals surface area contributed by atoms with E-state index in [1.165, 1.54) is 83.5 Å². The molecule has 30 heavy (non-hydrogen) atoms. The van der Waals surface area contributed by atoms with Gasteiger partial charge in [-0.15, -0.1) is 0 Å². The first-order chi connectivity index (χ1) is 14.7. The predicted octanol–water partition coefficient (Wildman–Crippen LogP) is 9.78. The van der Waals surface area contributed by atoms with Crippen LogP contribution in [0.3, 0.4) is 0 Å². The normalized spacial score (nSPS) is 24.1. The van der Waals surface area contributed by atoms with E-state index in [2.05, 4.69) is 25.2 Å². The van der Waals surface area contributed by atoms with E-state index < -0.39 is 0 Å². The van der Waals surface area contributed by atoms with Crippen LogP contribution in [-0.2, 0) is 0 Å². The topological polar surface area (TPSA) is 0 Å². The molecule has 2 heteroatoms. The number of benzene rings is 1. The first-order valence-corrected chi connectivity index (χ1v) is 12.9. The van der Waals surface area contributed by atoms with Gasteiger partial charge in [0.15, 0.2) is 0 Å². The zero-order valence-corrected chi connectivity index (χ0v) is 19.6. The van der Waals surface area contributed by atoms with E-state index in [0.717, 1.165) is 29.4 Å². The molecule has 0 bridgehead atoms. The molecule has 166 valence electrons. The van der Waals surface area contributed by atoms with Crippen LogP contribution in [0.4, 0.5) is 4.39 Å². The Kier molecular flexibility index (Phi) is 9.98. The second kappa shape index (κ2) is 12.7. The molecule has 0 aromatic heterocycles. The molecule has 1 fully saturated rings. The zero-order chi connectivity index (χ0) is 21.2. The minimum atomic E-state index is -0.333. The third kappa shape index (κ3) is 7.26. The fraction of sp³-hybridized carbons (Fsp3) is 0.643. The first kappa shape index (κ1) is 23.6. The molecule has 1 unspecified atom stereocenters. The lowest BCUT2D eigenvalue weighted by molar-refractivity contribution is 0.218. The summed E-state index contributed by atoms with van der Waals surface area (Å²) in [4.78, 5) is 0. The number of rotatable bonds is 11. The van der Waals surface area contributed by atoms with Crippen molar-refractivity contribution in [2.75, 3.05) is 0 Å². The summed E-state index contributed by atoms with van der Waals surface area (Å²) in [5, 5.41) is 0.195. The summed E-state index contributed by atoms with van der Waals surface area (Å²) in [5.74, 6) is 2.13. The molecule has 0 saturated heterocycles. The largest absolute Gasteiger partial charge is 0.205 e. The highest BCUT2D eigenvalue weighted by molar-refractivity contribution is 6.30. The van der Waals surface area contributed by atoms with Gasteiger partial charge in [-0.1, -0.05) is 113 Å². The number of allylic oxidation sites excluding steroid dienone is 4. The molecule has 2 aliphatic rings. The average Bonchev–Trinajstić information content (AvgIpc) is 2.78. The summed E-state index contributed by atoms with van der Waals surface area (Å²) in [6.45, 7) is 2.29. The first-order valence-electron chi connectivity index (χ1n) is 12.5. The van der Waals surface area contributed by atoms with Crippen LogP contribution in [0.25, 0.3) is 5.57 Å². The number of unbranched alkanes of at least 4 members (excludes halogenated alkanes) is 7. The minimum Gasteiger partial charge on any atom is -0.205 e. The molecular formula is C28H40ClF. The van der Waals surface area contributed by atoms with Crippen LogP contribution in [0, 0.1) is 23.6 Å². The van der Waals surface area contributed by atoms with Crippen LogP contribution >= 0.6 is 11.6 Å². The number of hydrogen-bond acceptors (Lipinski definition) is 0. The lowest BCUT2D eigenvalue weighted by Crippen LogP contribution is -2.21. The molecule has 0 heterocycles. The lowest BCUT2D eigenvalue weighted by atomic mass is 9.72. The Labute approximate surface area is 189 Å². The van der Waals surface area contributed by atoms with E-state index in [9.17, 15) is 4.39 Å². The Hall–Kier alpha value is -1.08. The highest BCUT2D eigenvalue weighted by Crippen LogP contribution is 2.39. The molecule has 1 saturated carbocycles. The SMILES string of the molecule is CCCCCCCCCC[C@H]1CC[C@H](C2C=CC(c3ccc(Cl)c(F)c3)=CC2)CC1. The van der Waals surface area contributed by atoms with Crippen molar-refractivity contribution < 1.29 is 4.39 Å². The highest BCUT2D eigenvalue weighted by Gasteiger charge is 2.26. The summed E-state index contributed by atoms with van der Waals surface area (Å²) in [6.07, 6.45) is 26.4. The van der Waals surface area contributed by atoms with Gasteiger partial charge in [0, 0.05) is 0 Å². The van der Waals surface area contributed by atoms with Crippen LogP contribution < -0.4 is 0 Å². The maximum atomic E-state index is 13.7. The highest BCUT2D eigenvalue weighted by atomic mass is 35.5. The monoisotopic (exact) mass is 430 g/mol. The molecule has 0 N–H and O–H groups in total. The van der Waals surface area contributed by atoms with Gasteiger partial charge < -0.3 is 0 Å². The molecule has 0 nitrogen and oxygen atoms in total. The fourth-order valence-electron chi connectivity index (χ4n) is 5.35. The van der Waals surface area contributed by atoms with Gasteiger partial charge in [0.05, 0.1) is 5.02 Å². The summed E-state index contributed by atoms with van der Waals surface area (Å²) < 4.78 is 13.7. The van der Waals surface area contributed by atoms with Gasteiger partial charge in [0.2, 0.25) is 0 Å². The zero-order valence-electron chi connectivity index (χ0n) is 18.9. The minimum absolute atomic E-state index is 0.195. The van der Waals surface area contributed by atoms with Gasteiger partial charge in [-0.25, -0.2) is 4.39 Å². The van der Waals surface area contributed by atoms with Crippen LogP contribution in [0.1, 0.15) is 102 Å². The maximum Gasteiger partial charge on any atom is 0.142 e. The van der Waals surface area contributed by atoms with Gasteiger partial charge >= 0.3 is 0 Å². The third-order valence-corrected chi connectivity index (χ3v) is 7.66. The van der Waals surface area contributed by atoms with Crippen molar-refractivity contribution in [2.24, 2.45) is 17.8 Å².